The first-order valence-electron chi connectivity index (χ1n) is 8.74. The minimum atomic E-state index is -3.20. The molecule has 6 nitrogen and oxygen atoms in total. The Kier molecular flexibility index (Phi) is 6.45. The van der Waals surface area contributed by atoms with E-state index < -0.39 is 10.0 Å². The molecule has 2 saturated heterocycles. The van der Waals surface area contributed by atoms with Crippen molar-refractivity contribution in [2.45, 2.75) is 45.6 Å². The van der Waals surface area contributed by atoms with Gasteiger partial charge >= 0.3 is 0 Å². The van der Waals surface area contributed by atoms with Crippen LogP contribution in [-0.4, -0.2) is 68.6 Å². The van der Waals surface area contributed by atoms with Crippen molar-refractivity contribution in [3.8, 4) is 0 Å². The number of nitrogens with one attached hydrogen (secondary N) is 1. The van der Waals surface area contributed by atoms with E-state index in [9.17, 15) is 13.2 Å². The molecule has 0 bridgehead atoms. The van der Waals surface area contributed by atoms with Crippen molar-refractivity contribution in [1.29, 1.82) is 0 Å². The van der Waals surface area contributed by atoms with Gasteiger partial charge in [-0.15, -0.1) is 0 Å². The van der Waals surface area contributed by atoms with Gasteiger partial charge in [-0.3, -0.25) is 9.69 Å². The molecule has 1 amide bonds. The zero-order valence-electron chi connectivity index (χ0n) is 14.6. The van der Waals surface area contributed by atoms with Crippen LogP contribution in [0.2, 0.25) is 0 Å². The van der Waals surface area contributed by atoms with Gasteiger partial charge in [-0.2, -0.15) is 0 Å². The van der Waals surface area contributed by atoms with Crippen LogP contribution >= 0.6 is 0 Å². The predicted octanol–water partition coefficient (Wildman–Crippen LogP) is 0.895. The van der Waals surface area contributed by atoms with E-state index in [1.54, 1.807) is 0 Å². The first-order chi connectivity index (χ1) is 10.8. The standard InChI is InChI=1S/C16H31N3O3S/c1-13-6-4-8-18(11-13)14(2)10-17-16(20)15-7-5-9-19(12-15)23(3,21)22/h13-15H,4-12H2,1-3H3,(H,17,20)/t13-,14+,15-/m1/s1. The Hall–Kier alpha value is -0.660. The van der Waals surface area contributed by atoms with E-state index in [4.69, 9.17) is 0 Å². The SMILES string of the molecule is C[C@@H]1CCCN([C@@H](C)CNC(=O)[C@@H]2CCCN(S(C)(=O)=O)C2)C1. The van der Waals surface area contributed by atoms with Gasteiger partial charge < -0.3 is 5.32 Å². The predicted molar refractivity (Wildman–Crippen MR) is 91.6 cm³/mol. The maximum Gasteiger partial charge on any atom is 0.224 e. The first kappa shape index (κ1) is 18.7. The lowest BCUT2D eigenvalue weighted by Gasteiger charge is -2.36. The molecule has 0 aliphatic carbocycles. The molecule has 23 heavy (non-hydrogen) atoms. The molecule has 0 aromatic rings. The van der Waals surface area contributed by atoms with Gasteiger partial charge in [0.05, 0.1) is 12.2 Å². The van der Waals surface area contributed by atoms with Gasteiger partial charge in [-0.25, -0.2) is 12.7 Å². The topological polar surface area (TPSA) is 69.7 Å². The molecular weight excluding hydrogens is 314 g/mol. The third-order valence-corrected chi connectivity index (χ3v) is 6.38. The summed E-state index contributed by atoms with van der Waals surface area (Å²) >= 11 is 0. The molecule has 2 fully saturated rings. The smallest absolute Gasteiger partial charge is 0.224 e. The second-order valence-corrected chi connectivity index (χ2v) is 9.28. The molecule has 0 aromatic heterocycles. The van der Waals surface area contributed by atoms with Crippen LogP contribution in [-0.2, 0) is 14.8 Å². The molecule has 3 atom stereocenters. The average Bonchev–Trinajstić information content (AvgIpc) is 2.51. The van der Waals surface area contributed by atoms with Crippen LogP contribution in [0.4, 0.5) is 0 Å². The molecule has 0 radical (unpaired) electrons. The highest BCUT2D eigenvalue weighted by Crippen LogP contribution is 2.20. The van der Waals surface area contributed by atoms with E-state index in [2.05, 4.69) is 24.1 Å². The minimum Gasteiger partial charge on any atom is -0.354 e. The Bertz CT molecular complexity index is 509. The molecule has 0 saturated carbocycles. The van der Waals surface area contributed by atoms with E-state index in [0.717, 1.165) is 31.8 Å². The number of carbonyl (C=O) groups is 1. The number of hydrogen-bond donors (Lipinski definition) is 1. The van der Waals surface area contributed by atoms with Crippen LogP contribution in [0.3, 0.4) is 0 Å². The molecule has 0 spiro atoms. The van der Waals surface area contributed by atoms with Crippen molar-refractivity contribution in [2.24, 2.45) is 11.8 Å². The molecular formula is C16H31N3O3S. The monoisotopic (exact) mass is 345 g/mol. The number of rotatable bonds is 5. The largest absolute Gasteiger partial charge is 0.354 e. The van der Waals surface area contributed by atoms with Gasteiger partial charge in [-0.05, 0) is 45.1 Å². The highest BCUT2D eigenvalue weighted by atomic mass is 32.2. The zero-order valence-corrected chi connectivity index (χ0v) is 15.4. The summed E-state index contributed by atoms with van der Waals surface area (Å²) in [6.07, 6.45) is 5.26. The summed E-state index contributed by atoms with van der Waals surface area (Å²) in [4.78, 5) is 14.8. The second-order valence-electron chi connectivity index (χ2n) is 7.30. The Balaban J connectivity index is 1.80. The third-order valence-electron chi connectivity index (χ3n) is 5.11. The maximum absolute atomic E-state index is 12.4. The lowest BCUT2D eigenvalue weighted by Crippen LogP contribution is -2.49. The molecule has 7 heteroatoms. The van der Waals surface area contributed by atoms with Crippen LogP contribution in [0.5, 0.6) is 0 Å². The van der Waals surface area contributed by atoms with Crippen LogP contribution < -0.4 is 5.32 Å². The highest BCUT2D eigenvalue weighted by Gasteiger charge is 2.30. The van der Waals surface area contributed by atoms with Crippen LogP contribution in [0.25, 0.3) is 0 Å². The number of likely N-dealkylation sites (tertiary alicyclic amines) is 1. The zero-order chi connectivity index (χ0) is 17.0. The second kappa shape index (κ2) is 7.94. The van der Waals surface area contributed by atoms with Crippen molar-refractivity contribution in [2.75, 3.05) is 39.0 Å². The highest BCUT2D eigenvalue weighted by molar-refractivity contribution is 7.88. The van der Waals surface area contributed by atoms with Gasteiger partial charge in [0.15, 0.2) is 0 Å². The molecule has 2 aliphatic rings. The number of hydrogen-bond acceptors (Lipinski definition) is 4. The summed E-state index contributed by atoms with van der Waals surface area (Å²) in [5, 5.41) is 3.03. The Labute approximate surface area is 140 Å². The average molecular weight is 346 g/mol. The number of amides is 1. The summed E-state index contributed by atoms with van der Waals surface area (Å²) < 4.78 is 24.7. The van der Waals surface area contributed by atoms with Crippen LogP contribution in [0.1, 0.15) is 39.5 Å². The normalized spacial score (nSPS) is 29.2. The van der Waals surface area contributed by atoms with Gasteiger partial charge in [0.1, 0.15) is 0 Å². The molecule has 0 unspecified atom stereocenters. The van der Waals surface area contributed by atoms with Crippen LogP contribution in [0.15, 0.2) is 0 Å². The lowest BCUT2D eigenvalue weighted by molar-refractivity contribution is -0.126. The van der Waals surface area contributed by atoms with E-state index >= 15 is 0 Å². The first-order valence-corrected chi connectivity index (χ1v) is 10.6. The third kappa shape index (κ3) is 5.43. The van der Waals surface area contributed by atoms with Crippen LogP contribution in [0, 0.1) is 11.8 Å². The minimum absolute atomic E-state index is 0.00439. The maximum atomic E-state index is 12.4. The van der Waals surface area contributed by atoms with Gasteiger partial charge in [-0.1, -0.05) is 6.92 Å². The van der Waals surface area contributed by atoms with Gasteiger partial charge in [0.25, 0.3) is 0 Å². The summed E-state index contributed by atoms with van der Waals surface area (Å²) in [5.41, 5.74) is 0. The summed E-state index contributed by atoms with van der Waals surface area (Å²) in [6, 6.07) is 0.330. The molecule has 2 heterocycles. The van der Waals surface area contributed by atoms with E-state index in [-0.39, 0.29) is 11.8 Å². The van der Waals surface area contributed by atoms with E-state index in [0.29, 0.717) is 25.7 Å². The number of sulfonamides is 1. The summed E-state index contributed by atoms with van der Waals surface area (Å²) in [5.74, 6) is 0.504. The molecule has 134 valence electrons. The number of piperidine rings is 2. The molecule has 2 rings (SSSR count). The van der Waals surface area contributed by atoms with E-state index in [1.807, 2.05) is 0 Å². The summed E-state index contributed by atoms with van der Waals surface area (Å²) in [6.45, 7) is 8.13. The fourth-order valence-electron chi connectivity index (χ4n) is 3.61. The quantitative estimate of drug-likeness (QED) is 0.804. The fraction of sp³-hybridized carbons (Fsp3) is 0.938. The Morgan fingerprint density at radius 1 is 1.22 bits per heavy atom. The van der Waals surface area contributed by atoms with Gasteiger partial charge in [0, 0.05) is 32.2 Å². The van der Waals surface area contributed by atoms with Crippen molar-refractivity contribution < 1.29 is 13.2 Å². The summed E-state index contributed by atoms with van der Waals surface area (Å²) in [7, 11) is -3.20. The molecule has 2 aliphatic heterocycles. The fourth-order valence-corrected chi connectivity index (χ4v) is 4.52. The Morgan fingerprint density at radius 3 is 2.57 bits per heavy atom. The number of nitrogens with zero attached hydrogens (tertiary/aromatic N) is 2. The van der Waals surface area contributed by atoms with Crippen molar-refractivity contribution in [3.63, 3.8) is 0 Å². The van der Waals surface area contributed by atoms with E-state index in [1.165, 1.54) is 23.4 Å². The van der Waals surface area contributed by atoms with Crippen molar-refractivity contribution >= 4 is 15.9 Å². The number of carbonyl (C=O) groups excluding carboxylic acids is 1. The van der Waals surface area contributed by atoms with Crippen molar-refractivity contribution in [3.05, 3.63) is 0 Å². The van der Waals surface area contributed by atoms with Gasteiger partial charge in [0.2, 0.25) is 15.9 Å². The van der Waals surface area contributed by atoms with Crippen molar-refractivity contribution in [1.82, 2.24) is 14.5 Å². The lowest BCUT2D eigenvalue weighted by atomic mass is 9.98. The Morgan fingerprint density at radius 2 is 1.91 bits per heavy atom. The molecule has 0 aromatic carbocycles. The molecule has 1 N–H and O–H groups in total.